The number of piperidine rings is 1. The maximum Gasteiger partial charge on any atom is 0.133 e. The van der Waals surface area contributed by atoms with Crippen LogP contribution in [0.1, 0.15) is 43.0 Å². The van der Waals surface area contributed by atoms with E-state index in [-0.39, 0.29) is 0 Å². The predicted octanol–water partition coefficient (Wildman–Crippen LogP) is 1.38. The van der Waals surface area contributed by atoms with E-state index in [0.29, 0.717) is 13.1 Å². The summed E-state index contributed by atoms with van der Waals surface area (Å²) in [6.07, 6.45) is 5.29. The number of β-amino-alcohol motifs (C(OH)–C–C–N with tert-alkyl or cyclic N) is 1. The fraction of sp³-hybridized carbons (Fsp3) is 0.667. The van der Waals surface area contributed by atoms with Gasteiger partial charge in [-0.1, -0.05) is 0 Å². The average molecular weight is 261 g/mol. The summed E-state index contributed by atoms with van der Waals surface area (Å²) in [6, 6.07) is 2.23. The van der Waals surface area contributed by atoms with Gasteiger partial charge >= 0.3 is 0 Å². The van der Waals surface area contributed by atoms with Crippen LogP contribution in [-0.4, -0.2) is 28.8 Å². The number of nitrogens with zero attached hydrogens (tertiary/aromatic N) is 2. The molecule has 1 aromatic rings. The van der Waals surface area contributed by atoms with Gasteiger partial charge in [0.05, 0.1) is 5.60 Å². The molecule has 3 N–H and O–H groups in total. The first-order valence-electron chi connectivity index (χ1n) is 7.28. The van der Waals surface area contributed by atoms with E-state index in [1.165, 1.54) is 17.7 Å². The van der Waals surface area contributed by atoms with Crippen LogP contribution < -0.4 is 10.6 Å². The second-order valence-corrected chi connectivity index (χ2v) is 6.16. The van der Waals surface area contributed by atoms with Crippen LogP contribution in [0.3, 0.4) is 0 Å². The quantitative estimate of drug-likeness (QED) is 0.844. The first-order valence-corrected chi connectivity index (χ1v) is 7.28. The number of aromatic nitrogens is 1. The van der Waals surface area contributed by atoms with E-state index in [9.17, 15) is 5.11 Å². The molecule has 1 fully saturated rings. The summed E-state index contributed by atoms with van der Waals surface area (Å²) in [4.78, 5) is 7.06. The first kappa shape index (κ1) is 12.9. The molecule has 1 aliphatic heterocycles. The number of anilines is 1. The Morgan fingerprint density at radius 2 is 2.26 bits per heavy atom. The summed E-state index contributed by atoms with van der Waals surface area (Å²) in [7, 11) is 0. The first-order chi connectivity index (χ1) is 9.09. The molecule has 4 nitrogen and oxygen atoms in total. The molecule has 0 amide bonds. The Kier molecular flexibility index (Phi) is 3.23. The molecule has 1 atom stereocenters. The molecule has 0 saturated carbocycles. The Balaban J connectivity index is 1.95. The van der Waals surface area contributed by atoms with Crippen molar-refractivity contribution in [2.45, 2.75) is 51.2 Å². The van der Waals surface area contributed by atoms with Crippen LogP contribution in [0.4, 0.5) is 5.82 Å². The van der Waals surface area contributed by atoms with Crippen molar-refractivity contribution in [3.05, 3.63) is 22.9 Å². The summed E-state index contributed by atoms with van der Waals surface area (Å²) >= 11 is 0. The third-order valence-corrected chi connectivity index (χ3v) is 4.30. The molecular weight excluding hydrogens is 238 g/mol. The normalized spacial score (nSPS) is 26.6. The Hall–Kier alpha value is -1.13. The largest absolute Gasteiger partial charge is 0.388 e. The second-order valence-electron chi connectivity index (χ2n) is 6.16. The van der Waals surface area contributed by atoms with E-state index in [2.05, 4.69) is 11.0 Å². The SMILES string of the molecule is CC1(O)CCCN(c2nc3c(cc2CN)CCC3)C1. The van der Waals surface area contributed by atoms with Crippen molar-refractivity contribution in [1.82, 2.24) is 4.98 Å². The van der Waals surface area contributed by atoms with Gasteiger partial charge in [-0.25, -0.2) is 4.98 Å². The summed E-state index contributed by atoms with van der Waals surface area (Å²) < 4.78 is 0. The van der Waals surface area contributed by atoms with Gasteiger partial charge in [0.1, 0.15) is 5.82 Å². The molecule has 0 spiro atoms. The molecule has 1 aliphatic carbocycles. The number of nitrogens with two attached hydrogens (primary N) is 1. The number of fused-ring (bicyclic) bond motifs is 1. The molecule has 1 aromatic heterocycles. The van der Waals surface area contributed by atoms with Gasteiger partial charge in [0.25, 0.3) is 0 Å². The Morgan fingerprint density at radius 3 is 3.00 bits per heavy atom. The molecule has 2 heterocycles. The molecule has 1 unspecified atom stereocenters. The van der Waals surface area contributed by atoms with Crippen molar-refractivity contribution in [1.29, 1.82) is 0 Å². The molecule has 0 bridgehead atoms. The molecule has 1 saturated heterocycles. The topological polar surface area (TPSA) is 62.4 Å². The molecule has 0 aromatic carbocycles. The lowest BCUT2D eigenvalue weighted by molar-refractivity contribution is 0.0446. The lowest BCUT2D eigenvalue weighted by Gasteiger charge is -2.38. The van der Waals surface area contributed by atoms with Crippen LogP contribution in [0.2, 0.25) is 0 Å². The highest BCUT2D eigenvalue weighted by Gasteiger charge is 2.30. The molecule has 3 rings (SSSR count). The number of hydrogen-bond donors (Lipinski definition) is 2. The lowest BCUT2D eigenvalue weighted by Crippen LogP contribution is -2.47. The van der Waals surface area contributed by atoms with E-state index in [1.807, 2.05) is 6.92 Å². The zero-order chi connectivity index (χ0) is 13.5. The van der Waals surface area contributed by atoms with Gasteiger partial charge in [-0.15, -0.1) is 0 Å². The second kappa shape index (κ2) is 4.76. The number of pyridine rings is 1. The minimum atomic E-state index is -0.606. The van der Waals surface area contributed by atoms with Crippen molar-refractivity contribution >= 4 is 5.82 Å². The number of rotatable bonds is 2. The molecule has 2 aliphatic rings. The highest BCUT2D eigenvalue weighted by molar-refractivity contribution is 5.51. The third-order valence-electron chi connectivity index (χ3n) is 4.30. The molecular formula is C15H23N3O. The van der Waals surface area contributed by atoms with Crippen LogP contribution >= 0.6 is 0 Å². The fourth-order valence-corrected chi connectivity index (χ4v) is 3.33. The van der Waals surface area contributed by atoms with Crippen molar-refractivity contribution in [2.24, 2.45) is 5.73 Å². The monoisotopic (exact) mass is 261 g/mol. The van der Waals surface area contributed by atoms with Gasteiger partial charge in [-0.3, -0.25) is 0 Å². The number of hydrogen-bond acceptors (Lipinski definition) is 4. The molecule has 104 valence electrons. The van der Waals surface area contributed by atoms with Crippen LogP contribution in [0, 0.1) is 0 Å². The highest BCUT2D eigenvalue weighted by atomic mass is 16.3. The van der Waals surface area contributed by atoms with E-state index < -0.39 is 5.60 Å². The smallest absolute Gasteiger partial charge is 0.133 e. The summed E-state index contributed by atoms with van der Waals surface area (Å²) in [5, 5.41) is 10.3. The van der Waals surface area contributed by atoms with Gasteiger partial charge in [0.15, 0.2) is 0 Å². The van der Waals surface area contributed by atoms with Gasteiger partial charge < -0.3 is 15.7 Å². The number of aryl methyl sites for hydroxylation is 2. The van der Waals surface area contributed by atoms with Crippen molar-refractivity contribution in [3.63, 3.8) is 0 Å². The maximum atomic E-state index is 10.3. The molecule has 0 radical (unpaired) electrons. The predicted molar refractivity (Wildman–Crippen MR) is 76.2 cm³/mol. The average Bonchev–Trinajstić information content (AvgIpc) is 2.83. The summed E-state index contributed by atoms with van der Waals surface area (Å²) in [5.74, 6) is 1.00. The standard InChI is InChI=1S/C15H23N3O/c1-15(19)6-3-7-18(10-15)14-12(9-16)8-11-4-2-5-13(11)17-14/h8,19H,2-7,9-10,16H2,1H3. The van der Waals surface area contributed by atoms with Crippen molar-refractivity contribution < 1.29 is 5.11 Å². The minimum Gasteiger partial charge on any atom is -0.388 e. The van der Waals surface area contributed by atoms with Crippen LogP contribution in [0.5, 0.6) is 0 Å². The van der Waals surface area contributed by atoms with Crippen molar-refractivity contribution in [2.75, 3.05) is 18.0 Å². The van der Waals surface area contributed by atoms with E-state index in [4.69, 9.17) is 10.7 Å². The minimum absolute atomic E-state index is 0.522. The lowest BCUT2D eigenvalue weighted by atomic mass is 9.95. The Bertz CT molecular complexity index is 485. The zero-order valence-corrected chi connectivity index (χ0v) is 11.7. The Labute approximate surface area is 114 Å². The van der Waals surface area contributed by atoms with E-state index >= 15 is 0 Å². The van der Waals surface area contributed by atoms with Gasteiger partial charge in [-0.2, -0.15) is 0 Å². The summed E-state index contributed by atoms with van der Waals surface area (Å²) in [6.45, 7) is 4.06. The fourth-order valence-electron chi connectivity index (χ4n) is 3.33. The van der Waals surface area contributed by atoms with Gasteiger partial charge in [-0.05, 0) is 50.7 Å². The van der Waals surface area contributed by atoms with Gasteiger partial charge in [0.2, 0.25) is 0 Å². The van der Waals surface area contributed by atoms with E-state index in [0.717, 1.165) is 43.6 Å². The third kappa shape index (κ3) is 2.47. The van der Waals surface area contributed by atoms with E-state index in [1.54, 1.807) is 0 Å². The van der Waals surface area contributed by atoms with Crippen LogP contribution in [0.15, 0.2) is 6.07 Å². The van der Waals surface area contributed by atoms with Crippen LogP contribution in [-0.2, 0) is 19.4 Å². The van der Waals surface area contributed by atoms with Crippen LogP contribution in [0.25, 0.3) is 0 Å². The number of aliphatic hydroxyl groups is 1. The maximum absolute atomic E-state index is 10.3. The molecule has 19 heavy (non-hydrogen) atoms. The zero-order valence-electron chi connectivity index (χ0n) is 11.7. The molecule has 4 heteroatoms. The van der Waals surface area contributed by atoms with Crippen molar-refractivity contribution in [3.8, 4) is 0 Å². The Morgan fingerprint density at radius 1 is 1.42 bits per heavy atom. The van der Waals surface area contributed by atoms with Gasteiger partial charge in [0, 0.05) is 30.9 Å². The summed E-state index contributed by atoms with van der Waals surface area (Å²) in [5.41, 5.74) is 9.01. The highest BCUT2D eigenvalue weighted by Crippen LogP contribution is 2.30.